The van der Waals surface area contributed by atoms with Crippen molar-refractivity contribution in [2.24, 2.45) is 0 Å². The van der Waals surface area contributed by atoms with E-state index in [1.807, 2.05) is 43.3 Å². The van der Waals surface area contributed by atoms with Crippen LogP contribution < -0.4 is 15.8 Å². The Morgan fingerprint density at radius 3 is 2.67 bits per heavy atom. The van der Waals surface area contributed by atoms with E-state index in [-0.39, 0.29) is 5.91 Å². The fraction of sp³-hybridized carbons (Fsp3) is 0.235. The smallest absolute Gasteiger partial charge is 0.224 e. The van der Waals surface area contributed by atoms with Gasteiger partial charge < -0.3 is 15.8 Å². The summed E-state index contributed by atoms with van der Waals surface area (Å²) in [6.07, 6.45) is 0.387. The Morgan fingerprint density at radius 2 is 1.95 bits per heavy atom. The van der Waals surface area contributed by atoms with Crippen molar-refractivity contribution in [1.29, 1.82) is 0 Å². The number of amides is 1. The second kappa shape index (κ2) is 7.33. The molecular weight excluding hydrogens is 264 g/mol. The summed E-state index contributed by atoms with van der Waals surface area (Å²) in [5, 5.41) is 2.84. The van der Waals surface area contributed by atoms with E-state index >= 15 is 0 Å². The molecule has 2 aromatic carbocycles. The first-order valence-electron chi connectivity index (χ1n) is 6.94. The molecule has 0 saturated heterocycles. The van der Waals surface area contributed by atoms with Crippen molar-refractivity contribution in [3.8, 4) is 5.75 Å². The van der Waals surface area contributed by atoms with E-state index in [9.17, 15) is 4.79 Å². The van der Waals surface area contributed by atoms with Crippen molar-refractivity contribution in [2.45, 2.75) is 13.3 Å². The van der Waals surface area contributed by atoms with Crippen molar-refractivity contribution >= 4 is 11.6 Å². The highest BCUT2D eigenvalue weighted by Crippen LogP contribution is 2.13. The normalized spacial score (nSPS) is 10.1. The second-order valence-electron chi connectivity index (χ2n) is 4.93. The zero-order valence-corrected chi connectivity index (χ0v) is 12.1. The lowest BCUT2D eigenvalue weighted by Gasteiger charge is -2.08. The molecule has 4 nitrogen and oxygen atoms in total. The lowest BCUT2D eigenvalue weighted by atomic mass is 10.1. The van der Waals surface area contributed by atoms with Crippen molar-refractivity contribution in [3.63, 3.8) is 0 Å². The van der Waals surface area contributed by atoms with Gasteiger partial charge in [0.25, 0.3) is 0 Å². The summed E-state index contributed by atoms with van der Waals surface area (Å²) in [6, 6.07) is 15.2. The zero-order valence-electron chi connectivity index (χ0n) is 12.1. The average Bonchev–Trinajstić information content (AvgIpc) is 2.46. The van der Waals surface area contributed by atoms with Gasteiger partial charge in [-0.25, -0.2) is 0 Å². The highest BCUT2D eigenvalue weighted by molar-refractivity contribution is 5.78. The minimum Gasteiger partial charge on any atom is -0.492 e. The minimum atomic E-state index is -0.00460. The van der Waals surface area contributed by atoms with Crippen LogP contribution in [0, 0.1) is 6.92 Å². The molecule has 0 atom stereocenters. The number of hydrogen-bond donors (Lipinski definition) is 2. The molecule has 0 aliphatic heterocycles. The molecule has 2 aromatic rings. The highest BCUT2D eigenvalue weighted by atomic mass is 16.5. The van der Waals surface area contributed by atoms with E-state index in [2.05, 4.69) is 5.32 Å². The first kappa shape index (κ1) is 14.9. The molecule has 0 heterocycles. The van der Waals surface area contributed by atoms with Gasteiger partial charge in [0.2, 0.25) is 5.91 Å². The predicted octanol–water partition coefficient (Wildman–Crippen LogP) is 2.31. The molecule has 0 aromatic heterocycles. The van der Waals surface area contributed by atoms with Gasteiger partial charge in [0, 0.05) is 11.8 Å². The number of ether oxygens (including phenoxy) is 1. The van der Waals surface area contributed by atoms with Gasteiger partial charge in [0.1, 0.15) is 12.4 Å². The summed E-state index contributed by atoms with van der Waals surface area (Å²) in [5.74, 6) is 0.706. The maximum absolute atomic E-state index is 11.8. The Balaban J connectivity index is 1.68. The van der Waals surface area contributed by atoms with Crippen LogP contribution in [0.4, 0.5) is 5.69 Å². The van der Waals surface area contributed by atoms with Gasteiger partial charge >= 0.3 is 0 Å². The predicted molar refractivity (Wildman–Crippen MR) is 84.2 cm³/mol. The number of benzene rings is 2. The summed E-state index contributed by atoms with van der Waals surface area (Å²) < 4.78 is 5.51. The summed E-state index contributed by atoms with van der Waals surface area (Å²) in [6.45, 7) is 2.92. The summed E-state index contributed by atoms with van der Waals surface area (Å²) in [7, 11) is 0. The summed E-state index contributed by atoms with van der Waals surface area (Å²) in [4.78, 5) is 11.8. The minimum absolute atomic E-state index is 0.00460. The van der Waals surface area contributed by atoms with Crippen LogP contribution >= 0.6 is 0 Å². The van der Waals surface area contributed by atoms with Crippen LogP contribution in [0.1, 0.15) is 11.1 Å². The number of rotatable bonds is 6. The molecule has 3 N–H and O–H groups in total. The highest BCUT2D eigenvalue weighted by Gasteiger charge is 2.02. The fourth-order valence-corrected chi connectivity index (χ4v) is 1.92. The molecule has 0 fully saturated rings. The molecule has 0 unspecified atom stereocenters. The number of carbonyl (C=O) groups excluding carboxylic acids is 1. The SMILES string of the molecule is Cc1ccc(CC(=O)NCCOc2cccc(N)c2)cc1. The first-order chi connectivity index (χ1) is 10.1. The molecule has 0 saturated carbocycles. The van der Waals surface area contributed by atoms with Gasteiger partial charge in [-0.15, -0.1) is 0 Å². The molecule has 0 aliphatic rings. The summed E-state index contributed by atoms with van der Waals surface area (Å²) in [5.41, 5.74) is 8.52. The number of nitrogens with one attached hydrogen (secondary N) is 1. The second-order valence-corrected chi connectivity index (χ2v) is 4.93. The molecule has 1 amide bonds. The van der Waals surface area contributed by atoms with Gasteiger partial charge in [-0.2, -0.15) is 0 Å². The van der Waals surface area contributed by atoms with Crippen LogP contribution in [0.15, 0.2) is 48.5 Å². The third kappa shape index (κ3) is 5.18. The number of nitrogens with two attached hydrogens (primary N) is 1. The van der Waals surface area contributed by atoms with Crippen LogP contribution in [0.2, 0.25) is 0 Å². The van der Waals surface area contributed by atoms with Crippen LogP contribution in [0.5, 0.6) is 5.75 Å². The molecular formula is C17H20N2O2. The van der Waals surface area contributed by atoms with Crippen LogP contribution in [0.3, 0.4) is 0 Å². The molecule has 0 bridgehead atoms. The summed E-state index contributed by atoms with van der Waals surface area (Å²) >= 11 is 0. The van der Waals surface area contributed by atoms with Gasteiger partial charge in [0.15, 0.2) is 0 Å². The van der Waals surface area contributed by atoms with Crippen molar-refractivity contribution < 1.29 is 9.53 Å². The standard InChI is InChI=1S/C17H20N2O2/c1-13-5-7-14(8-6-13)11-17(20)19-9-10-21-16-4-2-3-15(18)12-16/h2-8,12H,9-11,18H2,1H3,(H,19,20). The first-order valence-corrected chi connectivity index (χ1v) is 6.94. The monoisotopic (exact) mass is 284 g/mol. The zero-order chi connectivity index (χ0) is 15.1. The Hall–Kier alpha value is -2.49. The topological polar surface area (TPSA) is 64.3 Å². The van der Waals surface area contributed by atoms with Crippen LogP contribution in [0.25, 0.3) is 0 Å². The van der Waals surface area contributed by atoms with Crippen molar-refractivity contribution in [1.82, 2.24) is 5.32 Å². The number of anilines is 1. The fourth-order valence-electron chi connectivity index (χ4n) is 1.92. The molecule has 2 rings (SSSR count). The molecule has 0 aliphatic carbocycles. The van der Waals surface area contributed by atoms with Crippen LogP contribution in [-0.4, -0.2) is 19.1 Å². The Morgan fingerprint density at radius 1 is 1.19 bits per heavy atom. The van der Waals surface area contributed by atoms with Gasteiger partial charge in [-0.05, 0) is 24.6 Å². The molecule has 0 radical (unpaired) electrons. The molecule has 21 heavy (non-hydrogen) atoms. The third-order valence-corrected chi connectivity index (χ3v) is 3.04. The van der Waals surface area contributed by atoms with E-state index in [1.165, 1.54) is 5.56 Å². The number of nitrogen functional groups attached to an aromatic ring is 1. The lowest BCUT2D eigenvalue weighted by molar-refractivity contribution is -0.120. The van der Waals surface area contributed by atoms with Crippen molar-refractivity contribution in [2.75, 3.05) is 18.9 Å². The maximum atomic E-state index is 11.8. The molecule has 110 valence electrons. The lowest BCUT2D eigenvalue weighted by Crippen LogP contribution is -2.29. The van der Waals surface area contributed by atoms with E-state index in [4.69, 9.17) is 10.5 Å². The van der Waals surface area contributed by atoms with E-state index < -0.39 is 0 Å². The van der Waals surface area contributed by atoms with E-state index in [1.54, 1.807) is 12.1 Å². The van der Waals surface area contributed by atoms with Crippen LogP contribution in [-0.2, 0) is 11.2 Å². The van der Waals surface area contributed by atoms with Crippen molar-refractivity contribution in [3.05, 3.63) is 59.7 Å². The van der Waals surface area contributed by atoms with Gasteiger partial charge in [-0.3, -0.25) is 4.79 Å². The Kier molecular flexibility index (Phi) is 5.21. The largest absolute Gasteiger partial charge is 0.492 e. The third-order valence-electron chi connectivity index (χ3n) is 3.04. The van der Waals surface area contributed by atoms with E-state index in [0.717, 1.165) is 5.56 Å². The van der Waals surface area contributed by atoms with Gasteiger partial charge in [-0.1, -0.05) is 35.9 Å². The average molecular weight is 284 g/mol. The number of aryl methyl sites for hydroxylation is 1. The number of carbonyl (C=O) groups is 1. The Bertz CT molecular complexity index is 594. The Labute approximate surface area is 124 Å². The quantitative estimate of drug-likeness (QED) is 0.632. The maximum Gasteiger partial charge on any atom is 0.224 e. The number of hydrogen-bond acceptors (Lipinski definition) is 3. The van der Waals surface area contributed by atoms with Gasteiger partial charge in [0.05, 0.1) is 13.0 Å². The molecule has 0 spiro atoms. The molecule has 4 heteroatoms. The van der Waals surface area contributed by atoms with E-state index in [0.29, 0.717) is 31.0 Å².